The topological polar surface area (TPSA) is 26.3 Å². The van der Waals surface area contributed by atoms with Crippen LogP contribution in [0.15, 0.2) is 30.3 Å². The van der Waals surface area contributed by atoms with Gasteiger partial charge in [-0.2, -0.15) is 0 Å². The Balaban J connectivity index is 2.64. The van der Waals surface area contributed by atoms with Gasteiger partial charge in [-0.25, -0.2) is 0 Å². The smallest absolute Gasteiger partial charge is 0.309 e. The minimum atomic E-state index is -0.0355. The number of rotatable bonds is 8. The van der Waals surface area contributed by atoms with Crippen LogP contribution in [-0.2, 0) is 16.0 Å². The molecular formula is C17H26O2. The summed E-state index contributed by atoms with van der Waals surface area (Å²) in [5, 5.41) is 0. The maximum atomic E-state index is 12.2. The molecule has 0 bridgehead atoms. The van der Waals surface area contributed by atoms with Gasteiger partial charge in [0.15, 0.2) is 0 Å². The van der Waals surface area contributed by atoms with E-state index in [0.29, 0.717) is 12.5 Å². The molecule has 0 saturated heterocycles. The van der Waals surface area contributed by atoms with Crippen LogP contribution in [0.3, 0.4) is 0 Å². The van der Waals surface area contributed by atoms with Crippen LogP contribution < -0.4 is 0 Å². The van der Waals surface area contributed by atoms with Crippen LogP contribution in [-0.4, -0.2) is 12.6 Å². The van der Waals surface area contributed by atoms with Crippen LogP contribution in [0.25, 0.3) is 0 Å². The van der Waals surface area contributed by atoms with E-state index in [1.54, 1.807) is 0 Å². The van der Waals surface area contributed by atoms with Crippen molar-refractivity contribution in [3.8, 4) is 0 Å². The highest BCUT2D eigenvalue weighted by molar-refractivity contribution is 5.73. The fourth-order valence-corrected chi connectivity index (χ4v) is 2.09. The van der Waals surface area contributed by atoms with Gasteiger partial charge in [0.1, 0.15) is 0 Å². The Labute approximate surface area is 117 Å². The molecule has 1 aromatic carbocycles. The van der Waals surface area contributed by atoms with Gasteiger partial charge in [-0.3, -0.25) is 4.79 Å². The van der Waals surface area contributed by atoms with Gasteiger partial charge in [0, 0.05) is 0 Å². The number of carbonyl (C=O) groups excluding carboxylic acids is 1. The molecule has 0 aromatic heterocycles. The molecule has 1 aromatic rings. The number of hydrogen-bond acceptors (Lipinski definition) is 2. The van der Waals surface area contributed by atoms with Crippen LogP contribution in [0.5, 0.6) is 0 Å². The van der Waals surface area contributed by atoms with Gasteiger partial charge in [-0.1, -0.05) is 63.9 Å². The van der Waals surface area contributed by atoms with Crippen molar-refractivity contribution in [2.75, 3.05) is 6.61 Å². The van der Waals surface area contributed by atoms with E-state index < -0.39 is 0 Å². The second-order valence-electron chi connectivity index (χ2n) is 5.20. The van der Waals surface area contributed by atoms with E-state index in [-0.39, 0.29) is 11.9 Å². The summed E-state index contributed by atoms with van der Waals surface area (Å²) in [5.74, 6) is 0.297. The van der Waals surface area contributed by atoms with Crippen LogP contribution in [0.2, 0.25) is 0 Å². The Hall–Kier alpha value is -1.31. The Morgan fingerprint density at radius 1 is 1.21 bits per heavy atom. The number of ether oxygens (including phenoxy) is 1. The molecule has 0 radical (unpaired) electrons. The summed E-state index contributed by atoms with van der Waals surface area (Å²) in [7, 11) is 0. The quantitative estimate of drug-likeness (QED) is 0.517. The van der Waals surface area contributed by atoms with Gasteiger partial charge in [0.2, 0.25) is 0 Å². The molecule has 106 valence electrons. The number of unbranched alkanes of at least 4 members (excludes halogenated alkanes) is 1. The van der Waals surface area contributed by atoms with Crippen molar-refractivity contribution in [1.29, 1.82) is 0 Å². The lowest BCUT2D eigenvalue weighted by Crippen LogP contribution is -2.26. The molecular weight excluding hydrogens is 236 g/mol. The van der Waals surface area contributed by atoms with E-state index >= 15 is 0 Å². The Morgan fingerprint density at radius 2 is 1.89 bits per heavy atom. The van der Waals surface area contributed by atoms with Crippen molar-refractivity contribution in [2.45, 2.75) is 46.5 Å². The number of carbonyl (C=O) groups is 1. The van der Waals surface area contributed by atoms with E-state index in [1.165, 1.54) is 5.56 Å². The largest absolute Gasteiger partial charge is 0.465 e. The molecule has 0 spiro atoms. The first kappa shape index (κ1) is 15.7. The van der Waals surface area contributed by atoms with Crippen molar-refractivity contribution in [3.63, 3.8) is 0 Å². The number of benzene rings is 1. The molecule has 0 N–H and O–H groups in total. The lowest BCUT2D eigenvalue weighted by molar-refractivity contribution is -0.150. The standard InChI is InChI=1S/C17H26O2/c1-4-6-12-19-17(18)16(14(3)5-2)13-15-10-8-7-9-11-15/h7-11,14,16H,4-6,12-13H2,1-3H3/t14?,16-/m1/s1. The zero-order valence-electron chi connectivity index (χ0n) is 12.4. The van der Waals surface area contributed by atoms with Crippen molar-refractivity contribution < 1.29 is 9.53 Å². The lowest BCUT2D eigenvalue weighted by atomic mass is 9.86. The molecule has 1 unspecified atom stereocenters. The van der Waals surface area contributed by atoms with Crippen molar-refractivity contribution in [3.05, 3.63) is 35.9 Å². The van der Waals surface area contributed by atoms with Gasteiger partial charge in [0.25, 0.3) is 0 Å². The Kier molecular flexibility index (Phi) is 7.24. The van der Waals surface area contributed by atoms with Crippen LogP contribution in [0.1, 0.15) is 45.6 Å². The van der Waals surface area contributed by atoms with Gasteiger partial charge in [0.05, 0.1) is 12.5 Å². The zero-order valence-corrected chi connectivity index (χ0v) is 12.4. The number of hydrogen-bond donors (Lipinski definition) is 0. The summed E-state index contributed by atoms with van der Waals surface area (Å²) in [6.07, 6.45) is 3.78. The first-order chi connectivity index (χ1) is 9.19. The molecule has 1 rings (SSSR count). The molecule has 0 aliphatic rings. The third kappa shape index (κ3) is 5.46. The van der Waals surface area contributed by atoms with E-state index in [2.05, 4.69) is 32.9 Å². The second-order valence-corrected chi connectivity index (χ2v) is 5.20. The average molecular weight is 262 g/mol. The maximum absolute atomic E-state index is 12.2. The molecule has 19 heavy (non-hydrogen) atoms. The van der Waals surface area contributed by atoms with Crippen LogP contribution in [0.4, 0.5) is 0 Å². The molecule has 0 fully saturated rings. The van der Waals surface area contributed by atoms with E-state index in [4.69, 9.17) is 4.74 Å². The Morgan fingerprint density at radius 3 is 2.47 bits per heavy atom. The molecule has 0 aliphatic carbocycles. The summed E-state index contributed by atoms with van der Waals surface area (Å²) in [5.41, 5.74) is 1.21. The minimum absolute atomic E-state index is 0.0238. The Bertz CT molecular complexity index is 359. The fraction of sp³-hybridized carbons (Fsp3) is 0.588. The molecule has 0 saturated carbocycles. The average Bonchev–Trinajstić information content (AvgIpc) is 2.45. The van der Waals surface area contributed by atoms with Gasteiger partial charge in [-0.15, -0.1) is 0 Å². The van der Waals surface area contributed by atoms with Gasteiger partial charge >= 0.3 is 5.97 Å². The van der Waals surface area contributed by atoms with Crippen molar-refractivity contribution >= 4 is 5.97 Å². The maximum Gasteiger partial charge on any atom is 0.309 e. The van der Waals surface area contributed by atoms with E-state index in [0.717, 1.165) is 25.7 Å². The first-order valence-corrected chi connectivity index (χ1v) is 7.39. The summed E-state index contributed by atoms with van der Waals surface area (Å²) >= 11 is 0. The lowest BCUT2D eigenvalue weighted by Gasteiger charge is -2.21. The number of esters is 1. The highest BCUT2D eigenvalue weighted by Gasteiger charge is 2.25. The normalized spacial score (nSPS) is 13.8. The third-order valence-corrected chi connectivity index (χ3v) is 3.67. The summed E-state index contributed by atoms with van der Waals surface area (Å²) in [6.45, 7) is 6.91. The molecule has 0 aliphatic heterocycles. The highest BCUT2D eigenvalue weighted by Crippen LogP contribution is 2.22. The molecule has 2 atom stereocenters. The van der Waals surface area contributed by atoms with Crippen molar-refractivity contribution in [1.82, 2.24) is 0 Å². The third-order valence-electron chi connectivity index (χ3n) is 3.67. The predicted octanol–water partition coefficient (Wildman–Crippen LogP) is 4.23. The molecule has 0 heterocycles. The summed E-state index contributed by atoms with van der Waals surface area (Å²) in [4.78, 5) is 12.2. The first-order valence-electron chi connectivity index (χ1n) is 7.39. The predicted molar refractivity (Wildman–Crippen MR) is 79.0 cm³/mol. The van der Waals surface area contributed by atoms with E-state index in [1.807, 2.05) is 18.2 Å². The van der Waals surface area contributed by atoms with Gasteiger partial charge < -0.3 is 4.74 Å². The SMILES string of the molecule is CCCCOC(=O)[C@H](Cc1ccccc1)C(C)CC. The van der Waals surface area contributed by atoms with Crippen LogP contribution in [0, 0.1) is 11.8 Å². The second kappa shape index (κ2) is 8.73. The van der Waals surface area contributed by atoms with Crippen molar-refractivity contribution in [2.24, 2.45) is 11.8 Å². The van der Waals surface area contributed by atoms with Gasteiger partial charge in [-0.05, 0) is 24.3 Å². The molecule has 0 amide bonds. The summed E-state index contributed by atoms with van der Waals surface area (Å²) in [6, 6.07) is 10.2. The van der Waals surface area contributed by atoms with Crippen LogP contribution >= 0.6 is 0 Å². The monoisotopic (exact) mass is 262 g/mol. The minimum Gasteiger partial charge on any atom is -0.465 e. The zero-order chi connectivity index (χ0) is 14.1. The van der Waals surface area contributed by atoms with E-state index in [9.17, 15) is 4.79 Å². The fourth-order valence-electron chi connectivity index (χ4n) is 2.09. The molecule has 2 nitrogen and oxygen atoms in total. The highest BCUT2D eigenvalue weighted by atomic mass is 16.5. The summed E-state index contributed by atoms with van der Waals surface area (Å²) < 4.78 is 5.40. The molecule has 2 heteroatoms.